The molecule has 0 bridgehead atoms. The summed E-state index contributed by atoms with van der Waals surface area (Å²) in [5, 5.41) is 7.47. The van der Waals surface area contributed by atoms with Gasteiger partial charge in [-0.15, -0.1) is 0 Å². The zero-order valence-electron chi connectivity index (χ0n) is 14.5. The third-order valence-corrected chi connectivity index (χ3v) is 5.36. The molecule has 132 valence electrons. The fraction of sp³-hybridized carbons (Fsp3) is 0.526. The molecule has 25 heavy (non-hydrogen) atoms. The lowest BCUT2D eigenvalue weighted by atomic mass is 9.97. The van der Waals surface area contributed by atoms with Gasteiger partial charge in [-0.2, -0.15) is 5.10 Å². The number of nitrogens with one attached hydrogen (secondary N) is 1. The van der Waals surface area contributed by atoms with E-state index in [1.54, 1.807) is 6.33 Å². The number of carbonyl (C=O) groups excluding carboxylic acids is 1. The number of aromatic nitrogens is 3. The Bertz CT molecular complexity index is 706. The van der Waals surface area contributed by atoms with Gasteiger partial charge in [0.25, 0.3) is 0 Å². The third-order valence-electron chi connectivity index (χ3n) is 5.36. The van der Waals surface area contributed by atoms with Crippen LogP contribution in [-0.2, 0) is 24.3 Å². The Balaban J connectivity index is 1.24. The Labute approximate surface area is 148 Å². The number of aryl methyl sites for hydroxylation is 1. The summed E-state index contributed by atoms with van der Waals surface area (Å²) in [5.41, 5.74) is 1.36. The Morgan fingerprint density at radius 2 is 1.96 bits per heavy atom. The molecule has 0 radical (unpaired) electrons. The van der Waals surface area contributed by atoms with Crippen LogP contribution in [0.25, 0.3) is 0 Å². The minimum Gasteiger partial charge on any atom is -0.353 e. The quantitative estimate of drug-likeness (QED) is 0.919. The van der Waals surface area contributed by atoms with Gasteiger partial charge in [0.2, 0.25) is 5.91 Å². The number of carbonyl (C=O) groups is 1. The largest absolute Gasteiger partial charge is 0.353 e. The molecule has 3 heterocycles. The van der Waals surface area contributed by atoms with E-state index in [4.69, 9.17) is 0 Å². The second-order valence-corrected chi connectivity index (χ2v) is 7.14. The number of hydrogen-bond acceptors (Lipinski definition) is 4. The highest BCUT2D eigenvalue weighted by molar-refractivity contribution is 5.79. The smallest absolute Gasteiger partial charge is 0.225 e. The molecule has 6 nitrogen and oxygen atoms in total. The first-order valence-corrected chi connectivity index (χ1v) is 9.21. The van der Waals surface area contributed by atoms with E-state index in [1.807, 2.05) is 4.68 Å². The molecule has 2 aliphatic rings. The number of nitrogens with zero attached hydrogens (tertiary/aromatic N) is 4. The van der Waals surface area contributed by atoms with Crippen LogP contribution >= 0.6 is 0 Å². The van der Waals surface area contributed by atoms with Gasteiger partial charge < -0.3 is 5.32 Å². The van der Waals surface area contributed by atoms with Crippen LogP contribution in [0.4, 0.5) is 0 Å². The predicted octanol–water partition coefficient (Wildman–Crippen LogP) is 1.62. The molecule has 1 atom stereocenters. The molecule has 2 aromatic rings. The first-order valence-electron chi connectivity index (χ1n) is 9.21. The number of piperidine rings is 1. The van der Waals surface area contributed by atoms with Crippen molar-refractivity contribution in [2.75, 3.05) is 13.1 Å². The third kappa shape index (κ3) is 3.90. The number of rotatable bonds is 4. The van der Waals surface area contributed by atoms with Crippen molar-refractivity contribution in [1.29, 1.82) is 0 Å². The molecular weight excluding hydrogens is 314 g/mol. The van der Waals surface area contributed by atoms with Gasteiger partial charge in [-0.25, -0.2) is 9.67 Å². The maximum Gasteiger partial charge on any atom is 0.225 e. The second kappa shape index (κ2) is 7.35. The molecule has 0 aliphatic carbocycles. The van der Waals surface area contributed by atoms with Crippen LogP contribution in [0.2, 0.25) is 0 Å². The van der Waals surface area contributed by atoms with E-state index in [9.17, 15) is 4.79 Å². The molecule has 1 N–H and O–H groups in total. The summed E-state index contributed by atoms with van der Waals surface area (Å²) >= 11 is 0. The summed E-state index contributed by atoms with van der Waals surface area (Å²) in [6, 6.07) is 10.9. The van der Waals surface area contributed by atoms with Crippen LogP contribution in [0.3, 0.4) is 0 Å². The van der Waals surface area contributed by atoms with Crippen molar-refractivity contribution in [3.05, 3.63) is 48.0 Å². The summed E-state index contributed by atoms with van der Waals surface area (Å²) in [4.78, 5) is 19.3. The molecule has 0 spiro atoms. The van der Waals surface area contributed by atoms with E-state index in [0.29, 0.717) is 12.6 Å². The topological polar surface area (TPSA) is 63.1 Å². The zero-order valence-corrected chi connectivity index (χ0v) is 14.5. The number of hydrogen-bond donors (Lipinski definition) is 1. The van der Waals surface area contributed by atoms with Crippen molar-refractivity contribution >= 4 is 5.91 Å². The molecule has 4 rings (SSSR count). The number of fused-ring (bicyclic) bond motifs is 1. The standard InChI is InChI=1S/C19H25N5O/c25-19(16-6-7-18-20-14-21-24(18)13-16)22-17-8-10-23(11-9-17)12-15-4-2-1-3-5-15/h1-5,14,16-17H,6-13H2,(H,22,25). The van der Waals surface area contributed by atoms with Crippen molar-refractivity contribution in [2.24, 2.45) is 5.92 Å². The zero-order chi connectivity index (χ0) is 17.1. The van der Waals surface area contributed by atoms with Gasteiger partial charge in [-0.3, -0.25) is 9.69 Å². The fourth-order valence-electron chi connectivity index (χ4n) is 3.85. The summed E-state index contributed by atoms with van der Waals surface area (Å²) in [5.74, 6) is 1.21. The van der Waals surface area contributed by atoms with E-state index < -0.39 is 0 Å². The van der Waals surface area contributed by atoms with Crippen LogP contribution in [0.15, 0.2) is 36.7 Å². The van der Waals surface area contributed by atoms with E-state index in [1.165, 1.54) is 5.56 Å². The lowest BCUT2D eigenvalue weighted by molar-refractivity contribution is -0.127. The molecule has 6 heteroatoms. The van der Waals surface area contributed by atoms with E-state index in [-0.39, 0.29) is 11.8 Å². The highest BCUT2D eigenvalue weighted by Gasteiger charge is 2.28. The van der Waals surface area contributed by atoms with Crippen LogP contribution < -0.4 is 5.32 Å². The number of amides is 1. The highest BCUT2D eigenvalue weighted by Crippen LogP contribution is 2.19. The maximum absolute atomic E-state index is 12.6. The fourth-order valence-corrected chi connectivity index (χ4v) is 3.85. The first-order chi connectivity index (χ1) is 12.3. The molecule has 1 aromatic carbocycles. The lowest BCUT2D eigenvalue weighted by Gasteiger charge is -2.33. The molecule has 1 saturated heterocycles. The molecule has 0 saturated carbocycles. The van der Waals surface area contributed by atoms with Crippen LogP contribution in [-0.4, -0.2) is 44.7 Å². The van der Waals surface area contributed by atoms with Gasteiger partial charge in [0.05, 0.1) is 12.5 Å². The van der Waals surface area contributed by atoms with Gasteiger partial charge in [0.15, 0.2) is 0 Å². The lowest BCUT2D eigenvalue weighted by Crippen LogP contribution is -2.47. The summed E-state index contributed by atoms with van der Waals surface area (Å²) in [6.07, 6.45) is 5.35. The summed E-state index contributed by atoms with van der Waals surface area (Å²) < 4.78 is 1.87. The molecule has 1 amide bonds. The van der Waals surface area contributed by atoms with Crippen LogP contribution in [0.5, 0.6) is 0 Å². The van der Waals surface area contributed by atoms with E-state index >= 15 is 0 Å². The van der Waals surface area contributed by atoms with Gasteiger partial charge in [0, 0.05) is 32.1 Å². The van der Waals surface area contributed by atoms with Crippen molar-refractivity contribution in [1.82, 2.24) is 25.0 Å². The van der Waals surface area contributed by atoms with E-state index in [2.05, 4.69) is 50.6 Å². The molecular formula is C19H25N5O. The Hall–Kier alpha value is -2.21. The minimum absolute atomic E-state index is 0.0246. The van der Waals surface area contributed by atoms with Crippen LogP contribution in [0.1, 0.15) is 30.7 Å². The monoisotopic (exact) mass is 339 g/mol. The van der Waals surface area contributed by atoms with Crippen molar-refractivity contribution < 1.29 is 4.79 Å². The van der Waals surface area contributed by atoms with Gasteiger partial charge in [-0.05, 0) is 24.8 Å². The first kappa shape index (κ1) is 16.3. The predicted molar refractivity (Wildman–Crippen MR) is 94.7 cm³/mol. The van der Waals surface area contributed by atoms with E-state index in [0.717, 1.165) is 51.1 Å². The van der Waals surface area contributed by atoms with Crippen LogP contribution in [0, 0.1) is 5.92 Å². The minimum atomic E-state index is 0.0246. The van der Waals surface area contributed by atoms with Crippen molar-refractivity contribution in [2.45, 2.75) is 44.8 Å². The van der Waals surface area contributed by atoms with Gasteiger partial charge in [0.1, 0.15) is 12.2 Å². The molecule has 1 fully saturated rings. The average molecular weight is 339 g/mol. The highest BCUT2D eigenvalue weighted by atomic mass is 16.2. The Morgan fingerprint density at radius 3 is 2.76 bits per heavy atom. The Morgan fingerprint density at radius 1 is 1.16 bits per heavy atom. The average Bonchev–Trinajstić information content (AvgIpc) is 3.12. The van der Waals surface area contributed by atoms with Crippen molar-refractivity contribution in [3.63, 3.8) is 0 Å². The number of likely N-dealkylation sites (tertiary alicyclic amines) is 1. The maximum atomic E-state index is 12.6. The van der Waals surface area contributed by atoms with Gasteiger partial charge >= 0.3 is 0 Å². The Kier molecular flexibility index (Phi) is 4.78. The second-order valence-electron chi connectivity index (χ2n) is 7.14. The van der Waals surface area contributed by atoms with Gasteiger partial charge in [-0.1, -0.05) is 30.3 Å². The normalized spacial score (nSPS) is 21.7. The van der Waals surface area contributed by atoms with Crippen molar-refractivity contribution in [3.8, 4) is 0 Å². The molecule has 1 aromatic heterocycles. The summed E-state index contributed by atoms with van der Waals surface area (Å²) in [6.45, 7) is 3.74. The summed E-state index contributed by atoms with van der Waals surface area (Å²) in [7, 11) is 0. The number of benzene rings is 1. The SMILES string of the molecule is O=C(NC1CCN(Cc2ccccc2)CC1)C1CCc2ncnn2C1. The molecule has 1 unspecified atom stereocenters. The molecule has 2 aliphatic heterocycles.